The lowest BCUT2D eigenvalue weighted by molar-refractivity contribution is -0.384. The van der Waals surface area contributed by atoms with Gasteiger partial charge in [0.05, 0.1) is 37.4 Å². The molecule has 4 rings (SSSR count). The summed E-state index contributed by atoms with van der Waals surface area (Å²) >= 11 is 9.69. The van der Waals surface area contributed by atoms with Crippen LogP contribution in [-0.2, 0) is 4.79 Å². The Morgan fingerprint density at radius 3 is 2.65 bits per heavy atom. The minimum atomic E-state index is -0.566. The summed E-state index contributed by atoms with van der Waals surface area (Å²) in [6.07, 6.45) is 2.86. The third-order valence-corrected chi connectivity index (χ3v) is 8.63. The number of halogens is 1. The first-order valence-corrected chi connectivity index (χ1v) is 13.0. The molecular formula is C24H23ClN4O3S2. The number of anilines is 1. The molecule has 34 heavy (non-hydrogen) atoms. The summed E-state index contributed by atoms with van der Waals surface area (Å²) in [5.74, 6) is -0.414. The first-order valence-electron chi connectivity index (χ1n) is 10.5. The van der Waals surface area contributed by atoms with Gasteiger partial charge < -0.3 is 5.73 Å². The van der Waals surface area contributed by atoms with Crippen LogP contribution in [0, 0.1) is 33.8 Å². The molecule has 0 amide bonds. The smallest absolute Gasteiger partial charge is 0.271 e. The number of carbonyl (C=O) groups excluding carboxylic acids is 1. The van der Waals surface area contributed by atoms with Crippen LogP contribution in [0.25, 0.3) is 0 Å². The van der Waals surface area contributed by atoms with Gasteiger partial charge in [-0.15, -0.1) is 23.1 Å². The van der Waals surface area contributed by atoms with Gasteiger partial charge in [0.15, 0.2) is 5.78 Å². The molecule has 0 saturated carbocycles. The van der Waals surface area contributed by atoms with Crippen molar-refractivity contribution in [1.82, 2.24) is 0 Å². The Balaban J connectivity index is 2.02. The fourth-order valence-electron chi connectivity index (χ4n) is 4.76. The van der Waals surface area contributed by atoms with Gasteiger partial charge >= 0.3 is 0 Å². The first-order chi connectivity index (χ1) is 16.0. The number of nitrogens with two attached hydrogens (primary N) is 1. The van der Waals surface area contributed by atoms with Crippen molar-refractivity contribution < 1.29 is 9.72 Å². The number of non-ortho nitro benzene ring substituents is 1. The van der Waals surface area contributed by atoms with Crippen LogP contribution in [0.1, 0.15) is 43.0 Å². The molecule has 176 valence electrons. The number of aryl methyl sites for hydroxylation is 1. The van der Waals surface area contributed by atoms with E-state index in [9.17, 15) is 20.2 Å². The number of carbonyl (C=O) groups is 1. The van der Waals surface area contributed by atoms with Crippen LogP contribution in [-0.4, -0.2) is 17.0 Å². The molecule has 2 aromatic rings. The van der Waals surface area contributed by atoms with E-state index < -0.39 is 10.8 Å². The Bertz CT molecular complexity index is 1340. The minimum absolute atomic E-state index is 0.0320. The van der Waals surface area contributed by atoms with E-state index in [1.54, 1.807) is 28.0 Å². The summed E-state index contributed by atoms with van der Waals surface area (Å²) in [6, 6.07) is 8.40. The topological polar surface area (TPSA) is 113 Å². The van der Waals surface area contributed by atoms with Gasteiger partial charge in [0.25, 0.3) is 5.69 Å². The van der Waals surface area contributed by atoms with Crippen LogP contribution in [0.2, 0.25) is 5.02 Å². The third-order valence-electron chi connectivity index (χ3n) is 6.11. The van der Waals surface area contributed by atoms with Crippen molar-refractivity contribution in [2.24, 2.45) is 11.1 Å². The summed E-state index contributed by atoms with van der Waals surface area (Å²) in [5, 5.41) is 21.6. The van der Waals surface area contributed by atoms with E-state index in [1.165, 1.54) is 18.2 Å². The SMILES string of the molecule is CSc1sc(C)cc1[C@@H]1C(C#N)=C(N)N(c2ccc([N+](=O)[O-])cc2Cl)C2=C1C(=O)CC(C)(C)C2. The highest BCUT2D eigenvalue weighted by molar-refractivity contribution is 8.00. The second-order valence-electron chi connectivity index (χ2n) is 9.18. The zero-order chi connectivity index (χ0) is 24.9. The number of hydrogen-bond acceptors (Lipinski definition) is 8. The Labute approximate surface area is 211 Å². The standard InChI is InChI=1S/C24H23ClN4O3S2/c1-12-7-14(23(33-4)34-12)20-15(11-26)22(27)28(17-6-5-13(29(31)32)8-16(17)25)18-9-24(2,3)10-19(30)21(18)20/h5-8,20H,9-10,27H2,1-4H3/t20-/m1/s1. The number of thiophene rings is 1. The van der Waals surface area contributed by atoms with E-state index in [4.69, 9.17) is 17.3 Å². The second-order valence-corrected chi connectivity index (χ2v) is 11.9. The Morgan fingerprint density at radius 2 is 2.06 bits per heavy atom. The van der Waals surface area contributed by atoms with Gasteiger partial charge in [-0.2, -0.15) is 5.26 Å². The van der Waals surface area contributed by atoms with Crippen molar-refractivity contribution in [3.63, 3.8) is 0 Å². The molecule has 1 aliphatic heterocycles. The number of Topliss-reactive ketones (excluding diaryl/α,β-unsaturated/α-hetero) is 1. The number of nitro groups is 1. The minimum Gasteiger partial charge on any atom is -0.384 e. The van der Waals surface area contributed by atoms with Gasteiger partial charge in [-0.1, -0.05) is 25.4 Å². The Hall–Kier alpha value is -2.80. The van der Waals surface area contributed by atoms with Crippen LogP contribution in [0.15, 0.2) is 51.1 Å². The van der Waals surface area contributed by atoms with Gasteiger partial charge in [-0.05, 0) is 42.7 Å². The Morgan fingerprint density at radius 1 is 1.35 bits per heavy atom. The molecule has 2 heterocycles. The van der Waals surface area contributed by atoms with Crippen molar-refractivity contribution in [2.45, 2.75) is 43.7 Å². The molecule has 1 aromatic heterocycles. The lowest BCUT2D eigenvalue weighted by atomic mass is 9.69. The van der Waals surface area contributed by atoms with E-state index in [0.29, 0.717) is 29.8 Å². The van der Waals surface area contributed by atoms with E-state index in [2.05, 4.69) is 6.07 Å². The second kappa shape index (κ2) is 8.77. The molecular weight excluding hydrogens is 492 g/mol. The average molecular weight is 515 g/mol. The van der Waals surface area contributed by atoms with Gasteiger partial charge in [-0.3, -0.25) is 19.8 Å². The zero-order valence-corrected chi connectivity index (χ0v) is 21.5. The molecule has 0 radical (unpaired) electrons. The fraction of sp³-hybridized carbons (Fsp3) is 0.333. The van der Waals surface area contributed by atoms with Crippen LogP contribution in [0.3, 0.4) is 0 Å². The van der Waals surface area contributed by atoms with Crippen LogP contribution in [0.5, 0.6) is 0 Å². The van der Waals surface area contributed by atoms with Gasteiger partial charge in [0.2, 0.25) is 0 Å². The maximum Gasteiger partial charge on any atom is 0.271 e. The lowest BCUT2D eigenvalue weighted by Crippen LogP contribution is -2.42. The summed E-state index contributed by atoms with van der Waals surface area (Å²) in [6.45, 7) is 6.03. The summed E-state index contributed by atoms with van der Waals surface area (Å²) in [4.78, 5) is 27.1. The molecule has 1 aliphatic carbocycles. The van der Waals surface area contributed by atoms with E-state index in [0.717, 1.165) is 14.6 Å². The Kier molecular flexibility index (Phi) is 6.27. The molecule has 1 aromatic carbocycles. The van der Waals surface area contributed by atoms with Gasteiger partial charge in [-0.25, -0.2) is 0 Å². The maximum atomic E-state index is 13.6. The van der Waals surface area contributed by atoms with Crippen LogP contribution >= 0.6 is 34.7 Å². The molecule has 1 atom stereocenters. The molecule has 0 bridgehead atoms. The number of benzene rings is 1. The number of nitro benzene ring substituents is 1. The number of thioether (sulfide) groups is 1. The monoisotopic (exact) mass is 514 g/mol. The van der Waals surface area contributed by atoms with E-state index in [1.807, 2.05) is 33.1 Å². The number of nitrogens with zero attached hydrogens (tertiary/aromatic N) is 3. The summed E-state index contributed by atoms with van der Waals surface area (Å²) < 4.78 is 1.04. The van der Waals surface area contributed by atoms with Crippen molar-refractivity contribution in [3.05, 3.63) is 72.5 Å². The number of rotatable bonds is 4. The average Bonchev–Trinajstić information content (AvgIpc) is 3.13. The zero-order valence-electron chi connectivity index (χ0n) is 19.1. The summed E-state index contributed by atoms with van der Waals surface area (Å²) in [5.41, 5.74) is 8.98. The van der Waals surface area contributed by atoms with Crippen molar-refractivity contribution in [2.75, 3.05) is 11.2 Å². The van der Waals surface area contributed by atoms with Gasteiger partial charge in [0.1, 0.15) is 5.82 Å². The predicted octanol–water partition coefficient (Wildman–Crippen LogP) is 6.28. The lowest BCUT2D eigenvalue weighted by Gasteiger charge is -2.44. The van der Waals surface area contributed by atoms with E-state index in [-0.39, 0.29) is 33.3 Å². The highest BCUT2D eigenvalue weighted by Crippen LogP contribution is 2.53. The molecule has 0 unspecified atom stereocenters. The number of allylic oxidation sites excluding steroid dienone is 3. The molecule has 0 spiro atoms. The normalized spacial score (nSPS) is 19.8. The van der Waals surface area contributed by atoms with Crippen molar-refractivity contribution in [1.29, 1.82) is 5.26 Å². The molecule has 0 fully saturated rings. The van der Waals surface area contributed by atoms with Gasteiger partial charge in [0, 0.05) is 34.7 Å². The number of hydrogen-bond donors (Lipinski definition) is 1. The number of ketones is 1. The first kappa shape index (κ1) is 24.3. The van der Waals surface area contributed by atoms with Crippen LogP contribution < -0.4 is 10.6 Å². The quantitative estimate of drug-likeness (QED) is 0.290. The maximum absolute atomic E-state index is 13.6. The van der Waals surface area contributed by atoms with Crippen molar-refractivity contribution in [3.8, 4) is 6.07 Å². The highest BCUT2D eigenvalue weighted by atomic mass is 35.5. The summed E-state index contributed by atoms with van der Waals surface area (Å²) in [7, 11) is 0. The molecule has 2 N–H and O–H groups in total. The van der Waals surface area contributed by atoms with E-state index >= 15 is 0 Å². The predicted molar refractivity (Wildman–Crippen MR) is 136 cm³/mol. The molecule has 0 saturated heterocycles. The number of nitriles is 1. The fourth-order valence-corrected chi connectivity index (χ4v) is 6.93. The molecule has 10 heteroatoms. The highest BCUT2D eigenvalue weighted by Gasteiger charge is 2.45. The van der Waals surface area contributed by atoms with Crippen molar-refractivity contribution >= 4 is 51.9 Å². The molecule has 7 nitrogen and oxygen atoms in total. The van der Waals surface area contributed by atoms with Crippen LogP contribution in [0.4, 0.5) is 11.4 Å². The third kappa shape index (κ3) is 4.00. The largest absolute Gasteiger partial charge is 0.384 e. The molecule has 2 aliphatic rings.